The molecule has 0 amide bonds. The van der Waals surface area contributed by atoms with Crippen LogP contribution >= 0.6 is 0 Å². The van der Waals surface area contributed by atoms with Gasteiger partial charge in [-0.2, -0.15) is 0 Å². The molecule has 62 valence electrons. The largest absolute Gasteiger partial charge is 0.468 e. The molecule has 3 nitrogen and oxygen atoms in total. The van der Waals surface area contributed by atoms with E-state index in [-0.39, 0.29) is 6.10 Å². The highest BCUT2D eigenvalue weighted by molar-refractivity contribution is 5.17. The summed E-state index contributed by atoms with van der Waals surface area (Å²) in [7, 11) is 0. The van der Waals surface area contributed by atoms with Crippen LogP contribution in [0.3, 0.4) is 0 Å². The summed E-state index contributed by atoms with van der Waals surface area (Å²) in [5.74, 6) is 0.769. The molecule has 0 saturated heterocycles. The fourth-order valence-corrected chi connectivity index (χ4v) is 1.05. The van der Waals surface area contributed by atoms with E-state index >= 15 is 0 Å². The van der Waals surface area contributed by atoms with Gasteiger partial charge in [-0.05, 0) is 18.6 Å². The maximum Gasteiger partial charge on any atom is 0.120 e. The zero-order valence-corrected chi connectivity index (χ0v) is 6.58. The van der Waals surface area contributed by atoms with Crippen molar-refractivity contribution in [2.45, 2.75) is 26.0 Å². The number of hydrogen-bond acceptors (Lipinski definition) is 3. The summed E-state index contributed by atoms with van der Waals surface area (Å²) in [6, 6.07) is 1.84. The van der Waals surface area contributed by atoms with Gasteiger partial charge in [0.25, 0.3) is 0 Å². The van der Waals surface area contributed by atoms with E-state index in [4.69, 9.17) is 15.3 Å². The van der Waals surface area contributed by atoms with Gasteiger partial charge in [-0.3, -0.25) is 0 Å². The zero-order valence-electron chi connectivity index (χ0n) is 6.58. The Hall–Kier alpha value is -0.800. The molecule has 0 radical (unpaired) electrons. The summed E-state index contributed by atoms with van der Waals surface area (Å²) in [6.07, 6.45) is 1.88. The van der Waals surface area contributed by atoms with E-state index in [9.17, 15) is 0 Å². The van der Waals surface area contributed by atoms with E-state index in [1.54, 1.807) is 13.2 Å². The molecule has 3 heteroatoms. The Kier molecular flexibility index (Phi) is 2.68. The number of hydrogen-bond donors (Lipinski definition) is 2. The van der Waals surface area contributed by atoms with Gasteiger partial charge >= 0.3 is 0 Å². The molecule has 0 aromatic carbocycles. The Morgan fingerprint density at radius 3 is 3.00 bits per heavy atom. The standard InChI is InChI=1S/C8H13NO2/c1-6(10)4-7-2-3-11-8(7)5-9/h2-3,6,10H,4-5,9H2,1H3. The van der Waals surface area contributed by atoms with E-state index in [1.807, 2.05) is 6.07 Å². The summed E-state index contributed by atoms with van der Waals surface area (Å²) in [6.45, 7) is 2.14. The monoisotopic (exact) mass is 155 g/mol. The second kappa shape index (κ2) is 3.55. The SMILES string of the molecule is CC(O)Cc1ccoc1CN. The van der Waals surface area contributed by atoms with Crippen LogP contribution in [0.15, 0.2) is 16.7 Å². The fraction of sp³-hybridized carbons (Fsp3) is 0.500. The van der Waals surface area contributed by atoms with Gasteiger partial charge in [-0.1, -0.05) is 0 Å². The van der Waals surface area contributed by atoms with E-state index in [2.05, 4.69) is 0 Å². The maximum absolute atomic E-state index is 9.06. The van der Waals surface area contributed by atoms with Gasteiger partial charge < -0.3 is 15.3 Å². The third kappa shape index (κ3) is 2.06. The molecular weight excluding hydrogens is 142 g/mol. The molecule has 1 aromatic rings. The van der Waals surface area contributed by atoms with Gasteiger partial charge in [-0.25, -0.2) is 0 Å². The van der Waals surface area contributed by atoms with Crippen LogP contribution in [0.2, 0.25) is 0 Å². The molecular formula is C8H13NO2. The minimum absolute atomic E-state index is 0.335. The number of furan rings is 1. The Bertz CT molecular complexity index is 218. The molecule has 0 aliphatic heterocycles. The first kappa shape index (κ1) is 8.30. The quantitative estimate of drug-likeness (QED) is 0.674. The van der Waals surface area contributed by atoms with Crippen molar-refractivity contribution in [3.63, 3.8) is 0 Å². The van der Waals surface area contributed by atoms with E-state index in [0.717, 1.165) is 11.3 Å². The molecule has 0 bridgehead atoms. The molecule has 1 heterocycles. The maximum atomic E-state index is 9.06. The van der Waals surface area contributed by atoms with Crippen LogP contribution in [0.25, 0.3) is 0 Å². The second-order valence-corrected chi connectivity index (χ2v) is 2.63. The van der Waals surface area contributed by atoms with E-state index in [1.165, 1.54) is 0 Å². The van der Waals surface area contributed by atoms with Gasteiger partial charge in [0.2, 0.25) is 0 Å². The number of rotatable bonds is 3. The van der Waals surface area contributed by atoms with Crippen molar-refractivity contribution < 1.29 is 9.52 Å². The van der Waals surface area contributed by atoms with Crippen molar-refractivity contribution in [3.05, 3.63) is 23.7 Å². The van der Waals surface area contributed by atoms with Crippen molar-refractivity contribution in [2.24, 2.45) is 5.73 Å². The Labute approximate surface area is 65.8 Å². The smallest absolute Gasteiger partial charge is 0.120 e. The molecule has 0 fully saturated rings. The first-order valence-corrected chi connectivity index (χ1v) is 3.67. The average molecular weight is 155 g/mol. The lowest BCUT2D eigenvalue weighted by atomic mass is 10.1. The van der Waals surface area contributed by atoms with Gasteiger partial charge in [0.15, 0.2) is 0 Å². The summed E-state index contributed by atoms with van der Waals surface area (Å²) < 4.78 is 5.08. The zero-order chi connectivity index (χ0) is 8.27. The summed E-state index contributed by atoms with van der Waals surface area (Å²) in [4.78, 5) is 0. The van der Waals surface area contributed by atoms with Gasteiger partial charge in [-0.15, -0.1) is 0 Å². The van der Waals surface area contributed by atoms with Crippen molar-refractivity contribution >= 4 is 0 Å². The van der Waals surface area contributed by atoms with Gasteiger partial charge in [0.1, 0.15) is 5.76 Å². The van der Waals surface area contributed by atoms with E-state index < -0.39 is 0 Å². The van der Waals surface area contributed by atoms with E-state index in [0.29, 0.717) is 13.0 Å². The Morgan fingerprint density at radius 2 is 2.45 bits per heavy atom. The molecule has 1 atom stereocenters. The molecule has 3 N–H and O–H groups in total. The molecule has 1 unspecified atom stereocenters. The first-order valence-electron chi connectivity index (χ1n) is 3.67. The van der Waals surface area contributed by atoms with Gasteiger partial charge in [0, 0.05) is 6.42 Å². The Morgan fingerprint density at radius 1 is 1.73 bits per heavy atom. The predicted octanol–water partition coefficient (Wildman–Crippen LogP) is 0.662. The summed E-state index contributed by atoms with van der Waals surface area (Å²) in [5, 5.41) is 9.06. The fourth-order valence-electron chi connectivity index (χ4n) is 1.05. The Balaban J connectivity index is 2.68. The minimum Gasteiger partial charge on any atom is -0.468 e. The van der Waals surface area contributed by atoms with Crippen molar-refractivity contribution in [3.8, 4) is 0 Å². The summed E-state index contributed by atoms with van der Waals surface area (Å²) >= 11 is 0. The lowest BCUT2D eigenvalue weighted by Crippen LogP contribution is -2.06. The second-order valence-electron chi connectivity index (χ2n) is 2.63. The molecule has 1 aromatic heterocycles. The molecule has 0 aliphatic carbocycles. The van der Waals surface area contributed by atoms with Crippen LogP contribution in [0.5, 0.6) is 0 Å². The average Bonchev–Trinajstić information content (AvgIpc) is 2.34. The van der Waals surface area contributed by atoms with Crippen LogP contribution in [-0.4, -0.2) is 11.2 Å². The number of nitrogens with two attached hydrogens (primary N) is 1. The van der Waals surface area contributed by atoms with Crippen molar-refractivity contribution in [1.82, 2.24) is 0 Å². The van der Waals surface area contributed by atoms with Gasteiger partial charge in [0.05, 0.1) is 18.9 Å². The molecule has 1 rings (SSSR count). The molecule has 0 spiro atoms. The third-order valence-electron chi connectivity index (χ3n) is 1.54. The highest BCUT2D eigenvalue weighted by Crippen LogP contribution is 2.11. The highest BCUT2D eigenvalue weighted by atomic mass is 16.3. The van der Waals surface area contributed by atoms with Crippen LogP contribution in [-0.2, 0) is 13.0 Å². The lowest BCUT2D eigenvalue weighted by Gasteiger charge is -2.02. The minimum atomic E-state index is -0.335. The number of aliphatic hydroxyl groups is 1. The van der Waals surface area contributed by atoms with Crippen LogP contribution < -0.4 is 5.73 Å². The molecule has 11 heavy (non-hydrogen) atoms. The predicted molar refractivity (Wildman–Crippen MR) is 42.0 cm³/mol. The van der Waals surface area contributed by atoms with Crippen molar-refractivity contribution in [2.75, 3.05) is 0 Å². The van der Waals surface area contributed by atoms with Crippen LogP contribution in [0, 0.1) is 0 Å². The molecule has 0 saturated carbocycles. The number of aliphatic hydroxyl groups excluding tert-OH is 1. The molecule has 0 aliphatic rings. The topological polar surface area (TPSA) is 59.4 Å². The lowest BCUT2D eigenvalue weighted by molar-refractivity contribution is 0.194. The highest BCUT2D eigenvalue weighted by Gasteiger charge is 2.06. The van der Waals surface area contributed by atoms with Crippen LogP contribution in [0.4, 0.5) is 0 Å². The summed E-state index contributed by atoms with van der Waals surface area (Å²) in [5.41, 5.74) is 6.40. The first-order chi connectivity index (χ1) is 5.24. The van der Waals surface area contributed by atoms with Crippen LogP contribution in [0.1, 0.15) is 18.2 Å². The normalized spacial score (nSPS) is 13.4. The third-order valence-corrected chi connectivity index (χ3v) is 1.54. The van der Waals surface area contributed by atoms with Crippen molar-refractivity contribution in [1.29, 1.82) is 0 Å².